The van der Waals surface area contributed by atoms with Gasteiger partial charge in [-0.05, 0) is 49.6 Å². The molecule has 3 rings (SSSR count). The van der Waals surface area contributed by atoms with Crippen LogP contribution in [0.2, 0.25) is 0 Å². The standard InChI is InChI=1S/C27H30N2O3/c1-21-14-16-24(17-15-21)32-19-9-8-18-28-26(30)20-25(22-10-4-2-5-11-22)29-27(31)23-12-6-3-7-13-23/h2-7,10-17,25H,8-9,18-20H2,1H3,(H,28,30)(H,29,31). The lowest BCUT2D eigenvalue weighted by atomic mass is 10.0. The number of hydrogen-bond donors (Lipinski definition) is 2. The Bertz CT molecular complexity index is 973. The molecule has 5 heteroatoms. The minimum atomic E-state index is -0.395. The fourth-order valence-corrected chi connectivity index (χ4v) is 3.31. The van der Waals surface area contributed by atoms with Crippen LogP contribution in [-0.4, -0.2) is 25.0 Å². The van der Waals surface area contributed by atoms with Crippen LogP contribution in [0, 0.1) is 6.92 Å². The Hall–Kier alpha value is -3.60. The zero-order chi connectivity index (χ0) is 22.6. The van der Waals surface area contributed by atoms with Crippen molar-refractivity contribution < 1.29 is 14.3 Å². The molecule has 0 aromatic heterocycles. The molecule has 0 heterocycles. The molecule has 0 spiro atoms. The average molecular weight is 431 g/mol. The first-order valence-electron chi connectivity index (χ1n) is 11.0. The van der Waals surface area contributed by atoms with Crippen LogP contribution < -0.4 is 15.4 Å². The van der Waals surface area contributed by atoms with Gasteiger partial charge in [0, 0.05) is 12.1 Å². The first-order chi connectivity index (χ1) is 15.6. The predicted octanol–water partition coefficient (Wildman–Crippen LogP) is 4.83. The number of benzene rings is 3. The summed E-state index contributed by atoms with van der Waals surface area (Å²) >= 11 is 0. The lowest BCUT2D eigenvalue weighted by Gasteiger charge is -2.19. The van der Waals surface area contributed by atoms with Crippen LogP contribution in [0.5, 0.6) is 5.75 Å². The summed E-state index contributed by atoms with van der Waals surface area (Å²) in [5, 5.41) is 5.95. The largest absolute Gasteiger partial charge is 0.494 e. The third-order valence-corrected chi connectivity index (χ3v) is 5.12. The van der Waals surface area contributed by atoms with E-state index >= 15 is 0 Å². The maximum atomic E-state index is 12.6. The second-order valence-corrected chi connectivity index (χ2v) is 7.73. The summed E-state index contributed by atoms with van der Waals surface area (Å²) in [6, 6.07) is 26.2. The summed E-state index contributed by atoms with van der Waals surface area (Å²) in [6.45, 7) is 3.23. The lowest BCUT2D eigenvalue weighted by Crippen LogP contribution is -2.34. The van der Waals surface area contributed by atoms with Crippen molar-refractivity contribution in [1.29, 1.82) is 0 Å². The van der Waals surface area contributed by atoms with Gasteiger partial charge in [-0.25, -0.2) is 0 Å². The molecule has 32 heavy (non-hydrogen) atoms. The van der Waals surface area contributed by atoms with Gasteiger partial charge in [0.15, 0.2) is 0 Å². The minimum absolute atomic E-state index is 0.0910. The number of hydrogen-bond acceptors (Lipinski definition) is 3. The molecule has 3 aromatic rings. The number of nitrogens with one attached hydrogen (secondary N) is 2. The number of carbonyl (C=O) groups is 2. The van der Waals surface area contributed by atoms with Crippen molar-refractivity contribution >= 4 is 11.8 Å². The highest BCUT2D eigenvalue weighted by atomic mass is 16.5. The molecule has 0 bridgehead atoms. The van der Waals surface area contributed by atoms with Gasteiger partial charge < -0.3 is 15.4 Å². The van der Waals surface area contributed by atoms with Gasteiger partial charge in [0.2, 0.25) is 5.91 Å². The highest BCUT2D eigenvalue weighted by Crippen LogP contribution is 2.17. The van der Waals surface area contributed by atoms with Gasteiger partial charge in [-0.2, -0.15) is 0 Å². The van der Waals surface area contributed by atoms with E-state index in [9.17, 15) is 9.59 Å². The van der Waals surface area contributed by atoms with E-state index in [-0.39, 0.29) is 18.2 Å². The Morgan fingerprint density at radius 3 is 2.19 bits per heavy atom. The molecule has 0 saturated carbocycles. The third-order valence-electron chi connectivity index (χ3n) is 5.12. The number of unbranched alkanes of at least 4 members (excludes halogenated alkanes) is 1. The van der Waals surface area contributed by atoms with Gasteiger partial charge in [-0.15, -0.1) is 0 Å². The quantitative estimate of drug-likeness (QED) is 0.428. The molecule has 166 valence electrons. The molecular formula is C27H30N2O3. The molecule has 0 aliphatic rings. The van der Waals surface area contributed by atoms with Crippen molar-refractivity contribution in [2.45, 2.75) is 32.2 Å². The molecular weight excluding hydrogens is 400 g/mol. The maximum absolute atomic E-state index is 12.6. The number of ether oxygens (including phenoxy) is 1. The summed E-state index contributed by atoms with van der Waals surface area (Å²) in [6.07, 6.45) is 1.85. The summed E-state index contributed by atoms with van der Waals surface area (Å²) in [4.78, 5) is 25.2. The Morgan fingerprint density at radius 2 is 1.50 bits per heavy atom. The normalized spacial score (nSPS) is 11.4. The van der Waals surface area contributed by atoms with Crippen molar-refractivity contribution in [2.24, 2.45) is 0 Å². The molecule has 1 unspecified atom stereocenters. The number of rotatable bonds is 11. The smallest absolute Gasteiger partial charge is 0.251 e. The Morgan fingerprint density at radius 1 is 0.844 bits per heavy atom. The van der Waals surface area contributed by atoms with Crippen LogP contribution in [0.25, 0.3) is 0 Å². The van der Waals surface area contributed by atoms with Gasteiger partial charge in [0.05, 0.1) is 19.1 Å². The van der Waals surface area contributed by atoms with Crippen LogP contribution in [0.3, 0.4) is 0 Å². The Labute approximate surface area is 189 Å². The SMILES string of the molecule is Cc1ccc(OCCCCNC(=O)CC(NC(=O)c2ccccc2)c2ccccc2)cc1. The van der Waals surface area contributed by atoms with Crippen LogP contribution in [0.4, 0.5) is 0 Å². The Balaban J connectivity index is 1.44. The third kappa shape index (κ3) is 7.58. The van der Waals surface area contributed by atoms with E-state index in [2.05, 4.69) is 10.6 Å². The van der Waals surface area contributed by atoms with Gasteiger partial charge in [0.25, 0.3) is 5.91 Å². The maximum Gasteiger partial charge on any atom is 0.251 e. The molecule has 1 atom stereocenters. The summed E-state index contributed by atoms with van der Waals surface area (Å²) in [5.74, 6) is 0.576. The Kier molecular flexibility index (Phi) is 8.87. The monoisotopic (exact) mass is 430 g/mol. The van der Waals surface area contributed by atoms with E-state index in [1.807, 2.05) is 79.7 Å². The first-order valence-corrected chi connectivity index (χ1v) is 11.0. The molecule has 0 fully saturated rings. The first kappa shape index (κ1) is 23.1. The summed E-state index contributed by atoms with van der Waals surface area (Å²) in [7, 11) is 0. The molecule has 0 radical (unpaired) electrons. The minimum Gasteiger partial charge on any atom is -0.494 e. The van der Waals surface area contributed by atoms with E-state index in [0.717, 1.165) is 24.2 Å². The van der Waals surface area contributed by atoms with Gasteiger partial charge in [0.1, 0.15) is 5.75 Å². The predicted molar refractivity (Wildman–Crippen MR) is 127 cm³/mol. The number of aryl methyl sites for hydroxylation is 1. The van der Waals surface area contributed by atoms with E-state index in [1.54, 1.807) is 12.1 Å². The zero-order valence-electron chi connectivity index (χ0n) is 18.4. The number of amides is 2. The second-order valence-electron chi connectivity index (χ2n) is 7.73. The van der Waals surface area contributed by atoms with E-state index in [0.29, 0.717) is 18.7 Å². The topological polar surface area (TPSA) is 67.4 Å². The fourth-order valence-electron chi connectivity index (χ4n) is 3.31. The molecule has 0 saturated heterocycles. The molecule has 0 aliphatic heterocycles. The van der Waals surface area contributed by atoms with Crippen molar-refractivity contribution in [3.63, 3.8) is 0 Å². The highest BCUT2D eigenvalue weighted by Gasteiger charge is 2.19. The molecule has 5 nitrogen and oxygen atoms in total. The summed E-state index contributed by atoms with van der Waals surface area (Å²) < 4.78 is 5.72. The van der Waals surface area contributed by atoms with Crippen molar-refractivity contribution in [1.82, 2.24) is 10.6 Å². The van der Waals surface area contributed by atoms with E-state index < -0.39 is 6.04 Å². The second kappa shape index (κ2) is 12.3. The zero-order valence-corrected chi connectivity index (χ0v) is 18.4. The van der Waals surface area contributed by atoms with Crippen LogP contribution in [-0.2, 0) is 4.79 Å². The van der Waals surface area contributed by atoms with Gasteiger partial charge in [-0.3, -0.25) is 9.59 Å². The van der Waals surface area contributed by atoms with Crippen molar-refractivity contribution in [2.75, 3.05) is 13.2 Å². The molecule has 2 amide bonds. The van der Waals surface area contributed by atoms with Crippen molar-refractivity contribution in [3.8, 4) is 5.75 Å². The summed E-state index contributed by atoms with van der Waals surface area (Å²) in [5.41, 5.74) is 2.68. The molecule has 0 aliphatic carbocycles. The fraction of sp³-hybridized carbons (Fsp3) is 0.259. The van der Waals surface area contributed by atoms with E-state index in [1.165, 1.54) is 5.56 Å². The highest BCUT2D eigenvalue weighted by molar-refractivity contribution is 5.94. The van der Waals surface area contributed by atoms with Gasteiger partial charge in [-0.1, -0.05) is 66.2 Å². The average Bonchev–Trinajstić information content (AvgIpc) is 2.83. The van der Waals surface area contributed by atoms with Crippen molar-refractivity contribution in [3.05, 3.63) is 102 Å². The van der Waals surface area contributed by atoms with Crippen LogP contribution in [0.15, 0.2) is 84.9 Å². The lowest BCUT2D eigenvalue weighted by molar-refractivity contribution is -0.121. The molecule has 2 N–H and O–H groups in total. The van der Waals surface area contributed by atoms with E-state index in [4.69, 9.17) is 4.74 Å². The van der Waals surface area contributed by atoms with Gasteiger partial charge >= 0.3 is 0 Å². The number of carbonyl (C=O) groups excluding carboxylic acids is 2. The molecule has 3 aromatic carbocycles. The van der Waals surface area contributed by atoms with Crippen LogP contribution >= 0.6 is 0 Å². The van der Waals surface area contributed by atoms with Crippen LogP contribution in [0.1, 0.15) is 46.8 Å².